The second-order valence-corrected chi connectivity index (χ2v) is 7.19. The van der Waals surface area contributed by atoms with Gasteiger partial charge in [0.2, 0.25) is 0 Å². The molecule has 0 radical (unpaired) electrons. The first-order chi connectivity index (χ1) is 12.2. The van der Waals surface area contributed by atoms with Crippen LogP contribution in [-0.2, 0) is 15.8 Å². The van der Waals surface area contributed by atoms with Gasteiger partial charge in [-0.3, -0.25) is 15.0 Å². The number of hydrazine groups is 1. The fraction of sp³-hybridized carbons (Fsp3) is 0.471. The number of halogens is 3. The van der Waals surface area contributed by atoms with Crippen LogP contribution >= 0.6 is 0 Å². The molecule has 1 saturated carbocycles. The molecular weight excluding hydrogens is 349 g/mol. The summed E-state index contributed by atoms with van der Waals surface area (Å²) in [4.78, 5) is 29.4. The number of aromatic nitrogens is 1. The summed E-state index contributed by atoms with van der Waals surface area (Å²) in [6.07, 6.45) is -0.188. The van der Waals surface area contributed by atoms with Crippen LogP contribution in [0.5, 0.6) is 0 Å². The molecule has 3 heterocycles. The second kappa shape index (κ2) is 5.46. The third kappa shape index (κ3) is 2.62. The minimum absolute atomic E-state index is 0.0207. The number of nitrogens with zero attached hydrogens (tertiary/aromatic N) is 3. The maximum Gasteiger partial charge on any atom is 0.419 e. The van der Waals surface area contributed by atoms with Gasteiger partial charge >= 0.3 is 6.18 Å². The van der Waals surface area contributed by atoms with Gasteiger partial charge in [-0.2, -0.15) is 18.2 Å². The molecule has 4 rings (SSSR count). The second-order valence-electron chi connectivity index (χ2n) is 7.19. The van der Waals surface area contributed by atoms with Crippen molar-refractivity contribution < 1.29 is 22.8 Å². The summed E-state index contributed by atoms with van der Waals surface area (Å²) in [6.45, 7) is 2.59. The van der Waals surface area contributed by atoms with Crippen LogP contribution < -0.4 is 10.3 Å². The van der Waals surface area contributed by atoms with Crippen LogP contribution in [0.1, 0.15) is 31.7 Å². The number of anilines is 2. The van der Waals surface area contributed by atoms with Gasteiger partial charge in [-0.05, 0) is 31.9 Å². The Bertz CT molecular complexity index is 822. The molecule has 1 aromatic heterocycles. The van der Waals surface area contributed by atoms with E-state index in [1.54, 1.807) is 4.90 Å². The minimum Gasteiger partial charge on any atom is -0.355 e. The highest BCUT2D eigenvalue weighted by molar-refractivity contribution is 6.16. The Morgan fingerprint density at radius 3 is 2.38 bits per heavy atom. The molecule has 0 unspecified atom stereocenters. The summed E-state index contributed by atoms with van der Waals surface area (Å²) >= 11 is 0. The zero-order chi connectivity index (χ0) is 18.7. The van der Waals surface area contributed by atoms with Crippen LogP contribution in [0.2, 0.25) is 0 Å². The molecule has 0 atom stereocenters. The average Bonchev–Trinajstić information content (AvgIpc) is 2.70. The topological polar surface area (TPSA) is 65.5 Å². The van der Waals surface area contributed by atoms with Crippen molar-refractivity contribution in [2.24, 2.45) is 5.41 Å². The molecule has 3 aliphatic rings. The van der Waals surface area contributed by atoms with Gasteiger partial charge in [0.15, 0.2) is 0 Å². The molecule has 0 aromatic carbocycles. The molecule has 1 spiro atoms. The lowest BCUT2D eigenvalue weighted by atomic mass is 9.63. The third-order valence-electron chi connectivity index (χ3n) is 5.27. The van der Waals surface area contributed by atoms with Crippen LogP contribution in [0.15, 0.2) is 23.8 Å². The number of hydrogen-bond acceptors (Lipinski definition) is 5. The number of nitrogens with one attached hydrogen (secondary N) is 1. The van der Waals surface area contributed by atoms with E-state index in [4.69, 9.17) is 0 Å². The van der Waals surface area contributed by atoms with Crippen molar-refractivity contribution in [2.75, 3.05) is 23.4 Å². The minimum atomic E-state index is -4.53. The Kier molecular flexibility index (Phi) is 3.54. The summed E-state index contributed by atoms with van der Waals surface area (Å²) < 4.78 is 40.1. The molecule has 6 nitrogen and oxygen atoms in total. The number of hydrogen-bond donors (Lipinski definition) is 1. The van der Waals surface area contributed by atoms with E-state index in [-0.39, 0.29) is 22.6 Å². The quantitative estimate of drug-likeness (QED) is 0.834. The van der Waals surface area contributed by atoms with E-state index < -0.39 is 23.6 Å². The number of imide groups is 1. The molecule has 2 aliphatic heterocycles. The molecular formula is C17H17F3N4O2. The average molecular weight is 366 g/mol. The van der Waals surface area contributed by atoms with E-state index in [1.165, 1.54) is 6.92 Å². The predicted octanol–water partition coefficient (Wildman–Crippen LogP) is 2.73. The van der Waals surface area contributed by atoms with Gasteiger partial charge < -0.3 is 4.90 Å². The van der Waals surface area contributed by atoms with Crippen molar-refractivity contribution in [3.8, 4) is 0 Å². The van der Waals surface area contributed by atoms with Crippen molar-refractivity contribution in [3.05, 3.63) is 29.3 Å². The molecule has 0 bridgehead atoms. The van der Waals surface area contributed by atoms with E-state index in [1.807, 2.05) is 0 Å². The number of carbonyl (C=O) groups is 2. The molecule has 2 fully saturated rings. The number of carbonyl (C=O) groups excluding carboxylic acids is 2. The smallest absolute Gasteiger partial charge is 0.355 e. The van der Waals surface area contributed by atoms with Crippen LogP contribution in [0.4, 0.5) is 24.8 Å². The number of rotatable bonds is 3. The zero-order valence-corrected chi connectivity index (χ0v) is 14.1. The first-order valence-electron chi connectivity index (χ1n) is 8.35. The summed E-state index contributed by atoms with van der Waals surface area (Å²) in [6, 6.07) is 2.06. The Morgan fingerprint density at radius 1 is 1.19 bits per heavy atom. The highest BCUT2D eigenvalue weighted by Crippen LogP contribution is 2.50. The van der Waals surface area contributed by atoms with Gasteiger partial charge in [-0.25, -0.2) is 4.98 Å². The Hall–Kier alpha value is -2.58. The zero-order valence-electron chi connectivity index (χ0n) is 14.1. The summed E-state index contributed by atoms with van der Waals surface area (Å²) in [5.41, 5.74) is 2.09. The van der Waals surface area contributed by atoms with Crippen molar-refractivity contribution in [1.29, 1.82) is 0 Å². The van der Waals surface area contributed by atoms with Crippen LogP contribution in [0.25, 0.3) is 0 Å². The van der Waals surface area contributed by atoms with Gasteiger partial charge in [0.1, 0.15) is 11.6 Å². The first-order valence-corrected chi connectivity index (χ1v) is 8.35. The Labute approximate surface area is 147 Å². The van der Waals surface area contributed by atoms with E-state index in [2.05, 4.69) is 10.4 Å². The van der Waals surface area contributed by atoms with Gasteiger partial charge in [0.25, 0.3) is 11.8 Å². The molecule has 1 saturated heterocycles. The molecule has 9 heteroatoms. The Balaban J connectivity index is 1.60. The maximum absolute atomic E-state index is 13.4. The lowest BCUT2D eigenvalue weighted by Gasteiger charge is -2.56. The highest BCUT2D eigenvalue weighted by Gasteiger charge is 2.49. The number of amides is 2. The molecule has 1 N–H and O–H groups in total. The van der Waals surface area contributed by atoms with Gasteiger partial charge in [0.05, 0.1) is 5.56 Å². The standard InChI is InChI=1S/C17H17F3N4O2/c1-10-7-13(25)24(15(10)26)22-12-4-3-11(17(18,19)20)14(21-12)23-8-16(9-23)5-2-6-16/h3-4,7H,2,5-6,8-9H2,1H3,(H,21,22). The fourth-order valence-electron chi connectivity index (χ4n) is 3.69. The number of alkyl halides is 3. The van der Waals surface area contributed by atoms with Gasteiger partial charge in [-0.1, -0.05) is 6.42 Å². The van der Waals surface area contributed by atoms with Crippen molar-refractivity contribution in [2.45, 2.75) is 32.4 Å². The fourth-order valence-corrected chi connectivity index (χ4v) is 3.69. The summed E-state index contributed by atoms with van der Waals surface area (Å²) in [5.74, 6) is -1.26. The molecule has 2 amide bonds. The van der Waals surface area contributed by atoms with Gasteiger partial charge in [0, 0.05) is 30.2 Å². The number of pyridine rings is 1. The van der Waals surface area contributed by atoms with Crippen molar-refractivity contribution in [3.63, 3.8) is 0 Å². The monoisotopic (exact) mass is 366 g/mol. The maximum atomic E-state index is 13.4. The molecule has 26 heavy (non-hydrogen) atoms. The molecule has 138 valence electrons. The SMILES string of the molecule is CC1=CC(=O)N(Nc2ccc(C(F)(F)F)c(N3CC4(CCC4)C3)n2)C1=O. The van der Waals surface area contributed by atoms with E-state index in [0.717, 1.165) is 42.5 Å². The van der Waals surface area contributed by atoms with Crippen LogP contribution in [-0.4, -0.2) is 34.9 Å². The largest absolute Gasteiger partial charge is 0.419 e. The first kappa shape index (κ1) is 16.9. The van der Waals surface area contributed by atoms with Crippen molar-refractivity contribution in [1.82, 2.24) is 9.99 Å². The van der Waals surface area contributed by atoms with E-state index in [9.17, 15) is 22.8 Å². The van der Waals surface area contributed by atoms with Crippen molar-refractivity contribution >= 4 is 23.5 Å². The predicted molar refractivity (Wildman–Crippen MR) is 87.0 cm³/mol. The highest BCUT2D eigenvalue weighted by atomic mass is 19.4. The van der Waals surface area contributed by atoms with Gasteiger partial charge in [-0.15, -0.1) is 0 Å². The molecule has 1 aromatic rings. The Morgan fingerprint density at radius 2 is 1.88 bits per heavy atom. The normalized spacial score (nSPS) is 21.6. The lowest BCUT2D eigenvalue weighted by Crippen LogP contribution is -2.60. The van der Waals surface area contributed by atoms with Crippen LogP contribution in [0.3, 0.4) is 0 Å². The van der Waals surface area contributed by atoms with E-state index in [0.29, 0.717) is 13.1 Å². The van der Waals surface area contributed by atoms with E-state index >= 15 is 0 Å². The molecule has 1 aliphatic carbocycles. The lowest BCUT2D eigenvalue weighted by molar-refractivity contribution is -0.138. The third-order valence-corrected chi connectivity index (χ3v) is 5.27. The van der Waals surface area contributed by atoms with Crippen LogP contribution in [0, 0.1) is 5.41 Å². The summed E-state index contributed by atoms with van der Waals surface area (Å²) in [5, 5.41) is 0.748. The summed E-state index contributed by atoms with van der Waals surface area (Å²) in [7, 11) is 0.